The molecule has 0 atom stereocenters. The van der Waals surface area contributed by atoms with E-state index in [-0.39, 0.29) is 5.91 Å². The topological polar surface area (TPSA) is 45.9 Å². The Morgan fingerprint density at radius 3 is 2.68 bits per heavy atom. The zero-order valence-electron chi connectivity index (χ0n) is 11.6. The first-order valence-corrected chi connectivity index (χ1v) is 6.83. The molecule has 3 heterocycles. The van der Waals surface area contributed by atoms with E-state index in [0.29, 0.717) is 26.3 Å². The molecule has 1 amide bonds. The third-order valence-electron chi connectivity index (χ3n) is 3.93. The number of amides is 1. The van der Waals surface area contributed by atoms with Gasteiger partial charge in [0.15, 0.2) is 0 Å². The molecule has 0 N–H and O–H groups in total. The number of nitrogens with zero attached hydrogens (tertiary/aromatic N) is 2. The van der Waals surface area contributed by atoms with Crippen LogP contribution in [0.2, 0.25) is 0 Å². The van der Waals surface area contributed by atoms with E-state index in [4.69, 9.17) is 9.15 Å². The zero-order chi connectivity index (χ0) is 13.4. The van der Waals surface area contributed by atoms with E-state index in [2.05, 4.69) is 11.9 Å². The van der Waals surface area contributed by atoms with Crippen LogP contribution in [0, 0.1) is 6.92 Å². The number of rotatable bonds is 1. The van der Waals surface area contributed by atoms with Gasteiger partial charge in [0.05, 0.1) is 18.8 Å². The molecule has 5 nitrogen and oxygen atoms in total. The van der Waals surface area contributed by atoms with Crippen LogP contribution in [0.4, 0.5) is 0 Å². The standard InChI is InChI=1S/C14H20N2O3/c1-10-13(14(17)16-5-7-18-8-6-16)11-9-15(2)4-3-12(11)19-10/h3-9H2,1-2H3. The minimum Gasteiger partial charge on any atom is -0.465 e. The number of aryl methyl sites for hydroxylation is 1. The number of morpholine rings is 1. The van der Waals surface area contributed by atoms with Crippen molar-refractivity contribution >= 4 is 5.91 Å². The van der Waals surface area contributed by atoms with Gasteiger partial charge in [-0.2, -0.15) is 0 Å². The lowest BCUT2D eigenvalue weighted by Crippen LogP contribution is -2.41. The van der Waals surface area contributed by atoms with Gasteiger partial charge in [-0.3, -0.25) is 4.79 Å². The van der Waals surface area contributed by atoms with Crippen LogP contribution >= 0.6 is 0 Å². The van der Waals surface area contributed by atoms with Crippen LogP contribution in [0.25, 0.3) is 0 Å². The Balaban J connectivity index is 1.91. The largest absolute Gasteiger partial charge is 0.465 e. The van der Waals surface area contributed by atoms with Crippen molar-refractivity contribution in [2.75, 3.05) is 39.9 Å². The summed E-state index contributed by atoms with van der Waals surface area (Å²) in [4.78, 5) is 16.8. The minimum absolute atomic E-state index is 0.0982. The first kappa shape index (κ1) is 12.7. The molecule has 2 aliphatic heterocycles. The smallest absolute Gasteiger partial charge is 0.257 e. The van der Waals surface area contributed by atoms with Crippen molar-refractivity contribution in [1.29, 1.82) is 0 Å². The summed E-state index contributed by atoms with van der Waals surface area (Å²) in [5.41, 5.74) is 1.87. The normalized spacial score (nSPS) is 20.4. The Bertz CT molecular complexity index is 489. The zero-order valence-corrected chi connectivity index (χ0v) is 11.6. The first-order chi connectivity index (χ1) is 9.16. The van der Waals surface area contributed by atoms with Gasteiger partial charge >= 0.3 is 0 Å². The van der Waals surface area contributed by atoms with Gasteiger partial charge in [0.1, 0.15) is 11.5 Å². The van der Waals surface area contributed by atoms with Crippen LogP contribution in [-0.2, 0) is 17.7 Å². The van der Waals surface area contributed by atoms with Crippen LogP contribution in [0.15, 0.2) is 4.42 Å². The average molecular weight is 264 g/mol. The highest BCUT2D eigenvalue weighted by Gasteiger charge is 2.30. The monoisotopic (exact) mass is 264 g/mol. The lowest BCUT2D eigenvalue weighted by molar-refractivity contribution is 0.0300. The molecule has 0 bridgehead atoms. The van der Waals surface area contributed by atoms with Crippen molar-refractivity contribution in [2.45, 2.75) is 19.9 Å². The van der Waals surface area contributed by atoms with Crippen molar-refractivity contribution in [3.63, 3.8) is 0 Å². The summed E-state index contributed by atoms with van der Waals surface area (Å²) in [5.74, 6) is 1.85. The molecule has 1 fully saturated rings. The van der Waals surface area contributed by atoms with Crippen molar-refractivity contribution in [3.8, 4) is 0 Å². The fraction of sp³-hybridized carbons (Fsp3) is 0.643. The maximum Gasteiger partial charge on any atom is 0.257 e. The summed E-state index contributed by atoms with van der Waals surface area (Å²) >= 11 is 0. The number of carbonyl (C=O) groups excluding carboxylic acids is 1. The summed E-state index contributed by atoms with van der Waals surface area (Å²) in [5, 5.41) is 0. The number of fused-ring (bicyclic) bond motifs is 1. The molecule has 0 saturated carbocycles. The molecule has 3 rings (SSSR count). The highest BCUT2D eigenvalue weighted by Crippen LogP contribution is 2.28. The van der Waals surface area contributed by atoms with Crippen LogP contribution < -0.4 is 0 Å². The number of carbonyl (C=O) groups is 1. The van der Waals surface area contributed by atoms with E-state index < -0.39 is 0 Å². The molecule has 0 radical (unpaired) electrons. The fourth-order valence-corrected chi connectivity index (χ4v) is 2.86. The number of furan rings is 1. The third kappa shape index (κ3) is 2.28. The molecule has 1 aromatic rings. The van der Waals surface area contributed by atoms with E-state index in [1.165, 1.54) is 0 Å². The Morgan fingerprint density at radius 1 is 1.21 bits per heavy atom. The molecule has 5 heteroatoms. The van der Waals surface area contributed by atoms with Gasteiger partial charge in [0, 0.05) is 38.2 Å². The molecule has 0 aliphatic carbocycles. The second kappa shape index (κ2) is 4.98. The Labute approximate surface area is 113 Å². The Hall–Kier alpha value is -1.33. The van der Waals surface area contributed by atoms with Crippen LogP contribution in [0.3, 0.4) is 0 Å². The van der Waals surface area contributed by atoms with Gasteiger partial charge in [0.25, 0.3) is 5.91 Å². The highest BCUT2D eigenvalue weighted by molar-refractivity contribution is 5.97. The number of hydrogen-bond donors (Lipinski definition) is 0. The molecular weight excluding hydrogens is 244 g/mol. The summed E-state index contributed by atoms with van der Waals surface area (Å²) in [7, 11) is 2.08. The molecule has 0 aromatic carbocycles. The molecule has 0 unspecified atom stereocenters. The maximum absolute atomic E-state index is 12.7. The van der Waals surface area contributed by atoms with Crippen molar-refractivity contribution in [1.82, 2.24) is 9.80 Å². The second-order valence-corrected chi connectivity index (χ2v) is 5.33. The maximum atomic E-state index is 12.7. The Morgan fingerprint density at radius 2 is 1.95 bits per heavy atom. The van der Waals surface area contributed by atoms with Crippen molar-refractivity contribution in [2.24, 2.45) is 0 Å². The number of hydrogen-bond acceptors (Lipinski definition) is 4. The van der Waals surface area contributed by atoms with Crippen molar-refractivity contribution < 1.29 is 13.9 Å². The average Bonchev–Trinajstić information content (AvgIpc) is 2.74. The summed E-state index contributed by atoms with van der Waals surface area (Å²) in [6, 6.07) is 0. The SMILES string of the molecule is Cc1oc2c(c1C(=O)N1CCOCC1)CN(C)CC2. The van der Waals surface area contributed by atoms with Gasteiger partial charge in [-0.1, -0.05) is 0 Å². The summed E-state index contributed by atoms with van der Waals surface area (Å²) in [6.07, 6.45) is 0.892. The predicted molar refractivity (Wildman–Crippen MR) is 70.2 cm³/mol. The van der Waals surface area contributed by atoms with Gasteiger partial charge in [-0.15, -0.1) is 0 Å². The van der Waals surface area contributed by atoms with Crippen LogP contribution in [-0.4, -0.2) is 55.6 Å². The van der Waals surface area contributed by atoms with E-state index in [0.717, 1.165) is 42.2 Å². The molecular formula is C14H20N2O3. The van der Waals surface area contributed by atoms with Gasteiger partial charge in [-0.25, -0.2) is 0 Å². The van der Waals surface area contributed by atoms with E-state index in [9.17, 15) is 4.79 Å². The third-order valence-corrected chi connectivity index (χ3v) is 3.93. The summed E-state index contributed by atoms with van der Waals surface area (Å²) in [6.45, 7) is 6.30. The lowest BCUT2D eigenvalue weighted by Gasteiger charge is -2.28. The highest BCUT2D eigenvalue weighted by atomic mass is 16.5. The van der Waals surface area contributed by atoms with Gasteiger partial charge < -0.3 is 19.0 Å². The molecule has 1 saturated heterocycles. The minimum atomic E-state index is 0.0982. The van der Waals surface area contributed by atoms with E-state index in [1.54, 1.807) is 0 Å². The molecule has 1 aromatic heterocycles. The van der Waals surface area contributed by atoms with E-state index >= 15 is 0 Å². The quantitative estimate of drug-likeness (QED) is 0.760. The van der Waals surface area contributed by atoms with E-state index in [1.807, 2.05) is 11.8 Å². The molecule has 0 spiro atoms. The van der Waals surface area contributed by atoms with Crippen molar-refractivity contribution in [3.05, 3.63) is 22.6 Å². The fourth-order valence-electron chi connectivity index (χ4n) is 2.86. The first-order valence-electron chi connectivity index (χ1n) is 6.83. The van der Waals surface area contributed by atoms with Gasteiger partial charge in [0.2, 0.25) is 0 Å². The number of likely N-dealkylation sites (N-methyl/N-ethyl adjacent to an activating group) is 1. The summed E-state index contributed by atoms with van der Waals surface area (Å²) < 4.78 is 11.1. The predicted octanol–water partition coefficient (Wildman–Crippen LogP) is 1.05. The molecule has 104 valence electrons. The number of ether oxygens (including phenoxy) is 1. The molecule has 19 heavy (non-hydrogen) atoms. The second-order valence-electron chi connectivity index (χ2n) is 5.33. The van der Waals surface area contributed by atoms with Crippen LogP contribution in [0.5, 0.6) is 0 Å². The van der Waals surface area contributed by atoms with Gasteiger partial charge in [-0.05, 0) is 14.0 Å². The van der Waals surface area contributed by atoms with Crippen LogP contribution in [0.1, 0.15) is 27.4 Å². The Kier molecular flexibility index (Phi) is 3.33. The lowest BCUT2D eigenvalue weighted by atomic mass is 10.0. The molecule has 2 aliphatic rings.